The summed E-state index contributed by atoms with van der Waals surface area (Å²) in [5, 5.41) is 19.4. The van der Waals surface area contributed by atoms with Gasteiger partial charge in [0.15, 0.2) is 11.5 Å². The summed E-state index contributed by atoms with van der Waals surface area (Å²) < 4.78 is 10.1. The van der Waals surface area contributed by atoms with E-state index in [1.165, 1.54) is 26.4 Å². The van der Waals surface area contributed by atoms with E-state index in [9.17, 15) is 15.0 Å². The first-order valence-electron chi connectivity index (χ1n) is 6.62. The molecule has 0 fully saturated rings. The average molecular weight is 335 g/mol. The fraction of sp³-hybridized carbons (Fsp3) is 0.118. The van der Waals surface area contributed by atoms with Gasteiger partial charge in [-0.3, -0.25) is 0 Å². The molecule has 0 saturated carbocycles. The normalized spacial score (nSPS) is 11.2. The smallest absolute Gasteiger partial charge is 0.336 e. The van der Waals surface area contributed by atoms with Crippen molar-refractivity contribution in [3.8, 4) is 17.2 Å². The molecule has 120 valence electrons. The van der Waals surface area contributed by atoms with Crippen molar-refractivity contribution in [3.63, 3.8) is 0 Å². The number of rotatable bonds is 5. The fourth-order valence-electron chi connectivity index (χ4n) is 2.05. The van der Waals surface area contributed by atoms with Gasteiger partial charge in [-0.05, 0) is 41.5 Å². The van der Waals surface area contributed by atoms with Crippen LogP contribution in [0.2, 0.25) is 5.02 Å². The zero-order valence-corrected chi connectivity index (χ0v) is 13.3. The van der Waals surface area contributed by atoms with E-state index in [2.05, 4.69) is 0 Å². The minimum Gasteiger partial charge on any atom is -0.503 e. The van der Waals surface area contributed by atoms with Crippen molar-refractivity contribution in [2.24, 2.45) is 0 Å². The first kappa shape index (κ1) is 16.7. The number of benzene rings is 2. The number of carbonyl (C=O) groups is 1. The molecule has 5 nitrogen and oxygen atoms in total. The van der Waals surface area contributed by atoms with Gasteiger partial charge in [0.05, 0.1) is 24.8 Å². The van der Waals surface area contributed by atoms with Gasteiger partial charge in [0.2, 0.25) is 0 Å². The molecule has 0 spiro atoms. The molecule has 0 aliphatic carbocycles. The van der Waals surface area contributed by atoms with E-state index >= 15 is 0 Å². The summed E-state index contributed by atoms with van der Waals surface area (Å²) in [6.45, 7) is 0. The molecule has 6 heteroatoms. The van der Waals surface area contributed by atoms with Gasteiger partial charge in [-0.1, -0.05) is 23.7 Å². The highest BCUT2D eigenvalue weighted by atomic mass is 35.5. The van der Waals surface area contributed by atoms with Crippen LogP contribution in [-0.4, -0.2) is 30.4 Å². The first-order chi connectivity index (χ1) is 11.0. The lowest BCUT2D eigenvalue weighted by molar-refractivity contribution is -0.130. The Balaban J connectivity index is 2.56. The zero-order chi connectivity index (χ0) is 17.0. The van der Waals surface area contributed by atoms with Crippen LogP contribution < -0.4 is 9.47 Å². The minimum atomic E-state index is -1.12. The van der Waals surface area contributed by atoms with Crippen LogP contribution in [-0.2, 0) is 4.79 Å². The van der Waals surface area contributed by atoms with E-state index in [-0.39, 0.29) is 22.1 Å². The number of methoxy groups -OCH3 is 2. The van der Waals surface area contributed by atoms with Crippen molar-refractivity contribution < 1.29 is 24.5 Å². The summed E-state index contributed by atoms with van der Waals surface area (Å²) >= 11 is 6.08. The Labute approximate surface area is 138 Å². The van der Waals surface area contributed by atoms with E-state index < -0.39 is 5.97 Å². The summed E-state index contributed by atoms with van der Waals surface area (Å²) in [5.74, 6) is -0.605. The van der Waals surface area contributed by atoms with Gasteiger partial charge < -0.3 is 19.7 Å². The summed E-state index contributed by atoms with van der Waals surface area (Å²) in [6, 6.07) is 9.76. The highest BCUT2D eigenvalue weighted by Gasteiger charge is 2.15. The van der Waals surface area contributed by atoms with Gasteiger partial charge in [0, 0.05) is 0 Å². The maximum Gasteiger partial charge on any atom is 0.336 e. The van der Waals surface area contributed by atoms with Gasteiger partial charge in [-0.15, -0.1) is 0 Å². The van der Waals surface area contributed by atoms with Crippen molar-refractivity contribution in [2.45, 2.75) is 0 Å². The fourth-order valence-corrected chi connectivity index (χ4v) is 2.26. The summed E-state index contributed by atoms with van der Waals surface area (Å²) in [6.07, 6.45) is 1.39. The summed E-state index contributed by atoms with van der Waals surface area (Å²) in [7, 11) is 2.90. The molecule has 23 heavy (non-hydrogen) atoms. The summed E-state index contributed by atoms with van der Waals surface area (Å²) in [5.41, 5.74) is 0.851. The highest BCUT2D eigenvalue weighted by molar-refractivity contribution is 6.34. The molecule has 2 rings (SSSR count). The Bertz CT molecular complexity index is 768. The molecular formula is C17H15ClO5. The van der Waals surface area contributed by atoms with Gasteiger partial charge in [-0.2, -0.15) is 0 Å². The third-order valence-electron chi connectivity index (χ3n) is 3.24. The molecule has 0 heterocycles. The highest BCUT2D eigenvalue weighted by Crippen LogP contribution is 2.37. The number of phenols is 1. The Morgan fingerprint density at radius 2 is 1.91 bits per heavy atom. The Kier molecular flexibility index (Phi) is 5.13. The molecule has 0 atom stereocenters. The molecule has 0 aliphatic rings. The molecule has 0 radical (unpaired) electrons. The van der Waals surface area contributed by atoms with E-state index in [0.29, 0.717) is 16.9 Å². The predicted octanol–water partition coefficient (Wildman–Crippen LogP) is 3.69. The first-order valence-corrected chi connectivity index (χ1v) is 7.00. The lowest BCUT2D eigenvalue weighted by atomic mass is 10.0. The molecule has 2 N–H and O–H groups in total. The van der Waals surface area contributed by atoms with Gasteiger partial charge in [0.1, 0.15) is 5.75 Å². The van der Waals surface area contributed by atoms with Gasteiger partial charge in [0.25, 0.3) is 0 Å². The van der Waals surface area contributed by atoms with Crippen LogP contribution in [0.25, 0.3) is 11.6 Å². The Morgan fingerprint density at radius 3 is 2.52 bits per heavy atom. The van der Waals surface area contributed by atoms with Crippen LogP contribution in [0.5, 0.6) is 17.2 Å². The number of aliphatic carboxylic acids is 1. The van der Waals surface area contributed by atoms with E-state index in [0.717, 1.165) is 0 Å². The monoisotopic (exact) mass is 334 g/mol. The van der Waals surface area contributed by atoms with Crippen molar-refractivity contribution in [3.05, 3.63) is 52.5 Å². The second kappa shape index (κ2) is 7.07. The number of ether oxygens (including phenoxy) is 2. The van der Waals surface area contributed by atoms with Crippen LogP contribution in [0.3, 0.4) is 0 Å². The van der Waals surface area contributed by atoms with Crippen molar-refractivity contribution in [1.29, 1.82) is 0 Å². The maximum atomic E-state index is 11.6. The number of hydrogen-bond acceptors (Lipinski definition) is 4. The largest absolute Gasteiger partial charge is 0.503 e. The molecule has 0 bridgehead atoms. The maximum absolute atomic E-state index is 11.6. The minimum absolute atomic E-state index is 0.0194. The molecule has 0 saturated heterocycles. The van der Waals surface area contributed by atoms with Crippen molar-refractivity contribution in [2.75, 3.05) is 14.2 Å². The Hall–Kier alpha value is -2.66. The SMILES string of the molecule is COc1cccc(/C(=C/c2ccc(OC)c(O)c2Cl)C(=O)O)c1. The van der Waals surface area contributed by atoms with Crippen molar-refractivity contribution in [1.82, 2.24) is 0 Å². The molecule has 2 aromatic carbocycles. The van der Waals surface area contributed by atoms with Crippen LogP contribution in [0.15, 0.2) is 36.4 Å². The third kappa shape index (κ3) is 3.57. The van der Waals surface area contributed by atoms with Crippen LogP contribution in [0.1, 0.15) is 11.1 Å². The number of hydrogen-bond donors (Lipinski definition) is 2. The van der Waals surface area contributed by atoms with E-state index in [4.69, 9.17) is 21.1 Å². The summed E-state index contributed by atoms with van der Waals surface area (Å²) in [4.78, 5) is 11.6. The quantitative estimate of drug-likeness (QED) is 0.644. The Morgan fingerprint density at radius 1 is 1.17 bits per heavy atom. The molecule has 0 amide bonds. The second-order valence-electron chi connectivity index (χ2n) is 4.61. The molecular weight excluding hydrogens is 320 g/mol. The lowest BCUT2D eigenvalue weighted by Crippen LogP contribution is -2.00. The topological polar surface area (TPSA) is 76.0 Å². The molecule has 0 aliphatic heterocycles. The zero-order valence-electron chi connectivity index (χ0n) is 12.5. The van der Waals surface area contributed by atoms with Gasteiger partial charge >= 0.3 is 5.97 Å². The van der Waals surface area contributed by atoms with Crippen molar-refractivity contribution >= 4 is 29.2 Å². The predicted molar refractivity (Wildman–Crippen MR) is 88.2 cm³/mol. The third-order valence-corrected chi connectivity index (χ3v) is 3.64. The molecule has 2 aromatic rings. The van der Waals surface area contributed by atoms with Crippen LogP contribution >= 0.6 is 11.6 Å². The van der Waals surface area contributed by atoms with Crippen LogP contribution in [0.4, 0.5) is 0 Å². The van der Waals surface area contributed by atoms with E-state index in [1.807, 2.05) is 0 Å². The van der Waals surface area contributed by atoms with E-state index in [1.54, 1.807) is 30.3 Å². The number of aromatic hydroxyl groups is 1. The van der Waals surface area contributed by atoms with Gasteiger partial charge in [-0.25, -0.2) is 4.79 Å². The average Bonchev–Trinajstić information content (AvgIpc) is 2.56. The second-order valence-corrected chi connectivity index (χ2v) is 4.99. The van der Waals surface area contributed by atoms with Crippen LogP contribution in [0, 0.1) is 0 Å². The molecule has 0 unspecified atom stereocenters. The number of carboxylic acid groups (broad SMARTS) is 1. The number of carboxylic acids is 1. The molecule has 0 aromatic heterocycles. The lowest BCUT2D eigenvalue weighted by Gasteiger charge is -2.09. The number of halogens is 1. The standard InChI is InChI=1S/C17H15ClO5/c1-22-12-5-3-4-10(8-12)13(17(20)21)9-11-6-7-14(23-2)16(19)15(11)18/h3-9,19H,1-2H3,(H,20,21)/b13-9-. The number of phenolic OH excluding ortho intramolecular Hbond substituents is 1.